The molecule has 0 saturated heterocycles. The van der Waals surface area contributed by atoms with Gasteiger partial charge in [-0.1, -0.05) is 36.4 Å². The monoisotopic (exact) mass is 318 g/mol. The summed E-state index contributed by atoms with van der Waals surface area (Å²) in [4.78, 5) is 0.220. The summed E-state index contributed by atoms with van der Waals surface area (Å²) in [6.07, 6.45) is 0. The Balaban J connectivity index is 1.96. The molecule has 0 radical (unpaired) electrons. The van der Waals surface area contributed by atoms with Crippen molar-refractivity contribution in [2.24, 2.45) is 0 Å². The Morgan fingerprint density at radius 3 is 2.19 bits per heavy atom. The lowest BCUT2D eigenvalue weighted by atomic mass is 10.3. The number of benzene rings is 2. The van der Waals surface area contributed by atoms with Gasteiger partial charge in [0, 0.05) is 0 Å². The summed E-state index contributed by atoms with van der Waals surface area (Å²) in [6.45, 7) is 0. The molecule has 0 saturated carbocycles. The van der Waals surface area contributed by atoms with Gasteiger partial charge in [-0.25, -0.2) is 8.42 Å². The predicted molar refractivity (Wildman–Crippen MR) is 78.6 cm³/mol. The molecule has 0 bridgehead atoms. The first kappa shape index (κ1) is 13.8. The molecule has 3 rings (SSSR count). The van der Waals surface area contributed by atoms with Gasteiger partial charge in [0.25, 0.3) is 0 Å². The summed E-state index contributed by atoms with van der Waals surface area (Å²) < 4.78 is 26.1. The third-order valence-corrected chi connectivity index (χ3v) is 5.81. The third-order valence-electron chi connectivity index (χ3n) is 2.66. The SMILES string of the molecule is O=S(=O)(Sc1nnnn1-c1ccccc1)c1ccccc1. The van der Waals surface area contributed by atoms with E-state index in [1.54, 1.807) is 42.5 Å². The van der Waals surface area contributed by atoms with E-state index in [-0.39, 0.29) is 10.1 Å². The number of rotatable bonds is 4. The number of hydrogen-bond donors (Lipinski definition) is 0. The van der Waals surface area contributed by atoms with E-state index in [1.165, 1.54) is 4.68 Å². The minimum Gasteiger partial charge on any atom is -0.212 e. The van der Waals surface area contributed by atoms with E-state index < -0.39 is 8.87 Å². The van der Waals surface area contributed by atoms with Crippen molar-refractivity contribution < 1.29 is 8.42 Å². The molecule has 0 spiro atoms. The Bertz CT molecular complexity index is 833. The molecule has 0 aliphatic heterocycles. The smallest absolute Gasteiger partial charge is 0.212 e. The van der Waals surface area contributed by atoms with Crippen molar-refractivity contribution in [3.8, 4) is 5.69 Å². The van der Waals surface area contributed by atoms with Gasteiger partial charge < -0.3 is 0 Å². The molecule has 21 heavy (non-hydrogen) atoms. The Labute approximate surface area is 125 Å². The molecule has 0 unspecified atom stereocenters. The minimum absolute atomic E-state index is 0.199. The first-order valence-electron chi connectivity index (χ1n) is 6.00. The Morgan fingerprint density at radius 1 is 0.905 bits per heavy atom. The second-order valence-corrected chi connectivity index (χ2v) is 7.79. The standard InChI is InChI=1S/C13H10N4O2S2/c18-21(19,12-9-5-2-6-10-12)20-13-14-15-16-17(13)11-7-3-1-4-8-11/h1-10H. The van der Waals surface area contributed by atoms with E-state index in [2.05, 4.69) is 15.5 Å². The zero-order chi connectivity index (χ0) is 14.7. The lowest BCUT2D eigenvalue weighted by Crippen LogP contribution is -2.02. The van der Waals surface area contributed by atoms with Crippen LogP contribution in [-0.4, -0.2) is 28.6 Å². The number of nitrogens with zero attached hydrogens (tertiary/aromatic N) is 4. The van der Waals surface area contributed by atoms with Crippen molar-refractivity contribution in [2.75, 3.05) is 0 Å². The first-order valence-corrected chi connectivity index (χ1v) is 8.82. The van der Waals surface area contributed by atoms with Crippen LogP contribution in [0.3, 0.4) is 0 Å². The zero-order valence-corrected chi connectivity index (χ0v) is 12.3. The highest BCUT2D eigenvalue weighted by Gasteiger charge is 2.21. The van der Waals surface area contributed by atoms with Crippen LogP contribution in [-0.2, 0) is 8.87 Å². The van der Waals surface area contributed by atoms with E-state index in [1.807, 2.05) is 18.2 Å². The number of aromatic nitrogens is 4. The molecule has 0 fully saturated rings. The molecule has 1 heterocycles. The van der Waals surface area contributed by atoms with Crippen LogP contribution in [0.5, 0.6) is 0 Å². The first-order chi connectivity index (χ1) is 10.2. The molecule has 1 aromatic heterocycles. The molecule has 6 nitrogen and oxygen atoms in total. The van der Waals surface area contributed by atoms with E-state index in [0.29, 0.717) is 16.5 Å². The largest absolute Gasteiger partial charge is 0.237 e. The Kier molecular flexibility index (Phi) is 3.72. The zero-order valence-electron chi connectivity index (χ0n) is 10.7. The molecule has 0 aliphatic carbocycles. The van der Waals surface area contributed by atoms with E-state index in [4.69, 9.17) is 0 Å². The second kappa shape index (κ2) is 5.66. The summed E-state index contributed by atoms with van der Waals surface area (Å²) >= 11 is 0. The van der Waals surface area contributed by atoms with Crippen molar-refractivity contribution in [3.05, 3.63) is 60.7 Å². The average Bonchev–Trinajstić information content (AvgIpc) is 2.96. The average molecular weight is 318 g/mol. The highest BCUT2D eigenvalue weighted by Crippen LogP contribution is 2.29. The normalized spacial score (nSPS) is 11.4. The minimum atomic E-state index is -3.56. The highest BCUT2D eigenvalue weighted by molar-refractivity contribution is 8.72. The van der Waals surface area contributed by atoms with E-state index in [0.717, 1.165) is 0 Å². The Morgan fingerprint density at radius 2 is 1.52 bits per heavy atom. The fourth-order valence-electron chi connectivity index (χ4n) is 1.70. The van der Waals surface area contributed by atoms with Gasteiger partial charge in [-0.2, -0.15) is 4.68 Å². The molecule has 3 aromatic rings. The molecule has 106 valence electrons. The van der Waals surface area contributed by atoms with Gasteiger partial charge in [0.15, 0.2) is 0 Å². The van der Waals surface area contributed by atoms with Gasteiger partial charge in [-0.05, 0) is 34.7 Å². The molecule has 0 atom stereocenters. The summed E-state index contributed by atoms with van der Waals surface area (Å²) in [6, 6.07) is 17.3. The molecule has 0 aliphatic rings. The predicted octanol–water partition coefficient (Wildman–Crippen LogP) is 2.14. The number of tetrazole rings is 1. The van der Waals surface area contributed by atoms with Gasteiger partial charge in [0.1, 0.15) is 0 Å². The van der Waals surface area contributed by atoms with Crippen molar-refractivity contribution in [2.45, 2.75) is 10.1 Å². The van der Waals surface area contributed by atoms with Gasteiger partial charge in [-0.3, -0.25) is 0 Å². The van der Waals surface area contributed by atoms with Gasteiger partial charge in [0.2, 0.25) is 14.0 Å². The highest BCUT2D eigenvalue weighted by atomic mass is 33.1. The lowest BCUT2D eigenvalue weighted by molar-refractivity contribution is 0.610. The topological polar surface area (TPSA) is 77.7 Å². The molecule has 0 amide bonds. The van der Waals surface area contributed by atoms with Crippen LogP contribution in [0.25, 0.3) is 5.69 Å². The van der Waals surface area contributed by atoms with E-state index >= 15 is 0 Å². The van der Waals surface area contributed by atoms with Crippen LogP contribution in [0.15, 0.2) is 70.7 Å². The van der Waals surface area contributed by atoms with Gasteiger partial charge in [0.05, 0.1) is 21.4 Å². The quantitative estimate of drug-likeness (QED) is 0.686. The van der Waals surface area contributed by atoms with E-state index in [9.17, 15) is 8.42 Å². The lowest BCUT2D eigenvalue weighted by Gasteiger charge is -2.04. The van der Waals surface area contributed by atoms with Crippen molar-refractivity contribution in [1.29, 1.82) is 0 Å². The van der Waals surface area contributed by atoms with Crippen LogP contribution >= 0.6 is 10.8 Å². The summed E-state index contributed by atoms with van der Waals surface area (Å²) in [5.41, 5.74) is 0.702. The summed E-state index contributed by atoms with van der Waals surface area (Å²) in [7, 11) is -2.93. The molecule has 8 heteroatoms. The fourth-order valence-corrected chi connectivity index (χ4v) is 4.28. The van der Waals surface area contributed by atoms with Crippen LogP contribution < -0.4 is 0 Å². The van der Waals surface area contributed by atoms with Crippen LogP contribution in [0.1, 0.15) is 0 Å². The van der Waals surface area contributed by atoms with Gasteiger partial charge >= 0.3 is 0 Å². The maximum atomic E-state index is 12.3. The molecular weight excluding hydrogens is 308 g/mol. The molecular formula is C13H10N4O2S2. The second-order valence-electron chi connectivity index (χ2n) is 4.06. The number of hydrogen-bond acceptors (Lipinski definition) is 6. The van der Waals surface area contributed by atoms with Crippen LogP contribution in [0.4, 0.5) is 0 Å². The van der Waals surface area contributed by atoms with Crippen molar-refractivity contribution in [3.63, 3.8) is 0 Å². The third kappa shape index (κ3) is 2.96. The maximum absolute atomic E-state index is 12.3. The molecule has 0 N–H and O–H groups in total. The summed E-state index contributed by atoms with van der Waals surface area (Å²) in [5, 5.41) is 11.4. The van der Waals surface area contributed by atoms with Gasteiger partial charge in [-0.15, -0.1) is 5.10 Å². The van der Waals surface area contributed by atoms with Crippen molar-refractivity contribution in [1.82, 2.24) is 20.2 Å². The Hall–Kier alpha value is -2.19. The molecule has 2 aromatic carbocycles. The maximum Gasteiger partial charge on any atom is 0.237 e. The number of para-hydroxylation sites is 1. The van der Waals surface area contributed by atoms with Crippen LogP contribution in [0.2, 0.25) is 0 Å². The summed E-state index contributed by atoms with van der Waals surface area (Å²) in [5.74, 6) is 0. The fraction of sp³-hybridized carbons (Fsp3) is 0. The van der Waals surface area contributed by atoms with Crippen LogP contribution in [0, 0.1) is 0 Å². The van der Waals surface area contributed by atoms with Crippen molar-refractivity contribution >= 4 is 19.7 Å².